The number of ether oxygens (including phenoxy) is 4. The second kappa shape index (κ2) is 13.6. The van der Waals surface area contributed by atoms with Crippen LogP contribution in [0.1, 0.15) is 29.8 Å². The third-order valence-corrected chi connectivity index (χ3v) is 4.16. The Balaban J connectivity index is 0.00000480. The number of carbonyl (C=O) groups excluding carboxylic acids is 1. The second-order valence-electron chi connectivity index (χ2n) is 6.15. The highest BCUT2D eigenvalue weighted by molar-refractivity contribution is 14.0. The van der Waals surface area contributed by atoms with E-state index in [9.17, 15) is 4.79 Å². The van der Waals surface area contributed by atoms with Gasteiger partial charge in [0.15, 0.2) is 17.5 Å². The average Bonchev–Trinajstić information content (AvgIpc) is 2.77. The number of hydrogen-bond donors (Lipinski definition) is 2. The van der Waals surface area contributed by atoms with E-state index in [0.717, 1.165) is 11.3 Å². The van der Waals surface area contributed by atoms with Gasteiger partial charge in [0.2, 0.25) is 0 Å². The van der Waals surface area contributed by atoms with Crippen LogP contribution in [0.4, 0.5) is 5.69 Å². The van der Waals surface area contributed by atoms with Gasteiger partial charge in [-0.25, -0.2) is 9.79 Å². The summed E-state index contributed by atoms with van der Waals surface area (Å²) in [6.07, 6.45) is 0. The number of methoxy groups -OCH3 is 3. The fraction of sp³-hybridized carbons (Fsp3) is 0.364. The van der Waals surface area contributed by atoms with Gasteiger partial charge in [-0.15, -0.1) is 24.0 Å². The number of guanidine groups is 1. The fourth-order valence-electron chi connectivity index (χ4n) is 2.75. The van der Waals surface area contributed by atoms with Crippen molar-refractivity contribution >= 4 is 41.6 Å². The van der Waals surface area contributed by atoms with E-state index in [1.54, 1.807) is 19.2 Å². The number of esters is 1. The Morgan fingerprint density at radius 3 is 2.32 bits per heavy atom. The summed E-state index contributed by atoms with van der Waals surface area (Å²) < 4.78 is 21.0. The molecule has 0 aliphatic carbocycles. The predicted molar refractivity (Wildman–Crippen MR) is 132 cm³/mol. The van der Waals surface area contributed by atoms with Gasteiger partial charge in [0.25, 0.3) is 0 Å². The lowest BCUT2D eigenvalue weighted by molar-refractivity contribution is 0.0597. The van der Waals surface area contributed by atoms with Gasteiger partial charge in [0.1, 0.15) is 11.3 Å². The highest BCUT2D eigenvalue weighted by atomic mass is 127. The third kappa shape index (κ3) is 7.50. The quantitative estimate of drug-likeness (QED) is 0.213. The first-order valence-electron chi connectivity index (χ1n) is 9.67. The van der Waals surface area contributed by atoms with Crippen molar-refractivity contribution in [2.75, 3.05) is 39.8 Å². The Hall–Kier alpha value is -2.69. The zero-order valence-electron chi connectivity index (χ0n) is 18.5. The number of benzene rings is 2. The number of nitrogens with one attached hydrogen (secondary N) is 2. The monoisotopic (exact) mass is 543 g/mol. The Morgan fingerprint density at radius 1 is 0.968 bits per heavy atom. The van der Waals surface area contributed by atoms with Crippen LogP contribution in [0.2, 0.25) is 0 Å². The van der Waals surface area contributed by atoms with Crippen molar-refractivity contribution in [1.29, 1.82) is 0 Å². The van der Waals surface area contributed by atoms with Gasteiger partial charge in [-0.2, -0.15) is 0 Å². The van der Waals surface area contributed by atoms with Crippen LogP contribution in [0.3, 0.4) is 0 Å². The summed E-state index contributed by atoms with van der Waals surface area (Å²) in [5.41, 5.74) is 2.08. The summed E-state index contributed by atoms with van der Waals surface area (Å²) >= 11 is 0. The molecule has 0 aliphatic rings. The highest BCUT2D eigenvalue weighted by Gasteiger charge is 2.13. The van der Waals surface area contributed by atoms with Crippen LogP contribution in [-0.2, 0) is 11.3 Å². The summed E-state index contributed by atoms with van der Waals surface area (Å²) in [6, 6.07) is 10.9. The van der Waals surface area contributed by atoms with Gasteiger partial charge in [0, 0.05) is 18.3 Å². The maximum Gasteiger partial charge on any atom is 0.341 e. The SMILES string of the molecule is CCNC(=NCc1ccc(C(=O)OC)c(OC)c1)Nc1ccc(OCC)c(OC)c1.I. The molecule has 0 heterocycles. The molecule has 2 rings (SSSR count). The largest absolute Gasteiger partial charge is 0.496 e. The zero-order valence-corrected chi connectivity index (χ0v) is 20.8. The molecule has 2 aromatic rings. The number of aliphatic imine (C=N–C) groups is 1. The van der Waals surface area contributed by atoms with E-state index in [2.05, 4.69) is 15.6 Å². The van der Waals surface area contributed by atoms with Crippen molar-refractivity contribution in [3.05, 3.63) is 47.5 Å². The van der Waals surface area contributed by atoms with Gasteiger partial charge in [-0.05, 0) is 43.7 Å². The Bertz CT molecular complexity index is 889. The fourth-order valence-corrected chi connectivity index (χ4v) is 2.75. The van der Waals surface area contributed by atoms with E-state index in [1.165, 1.54) is 14.2 Å². The van der Waals surface area contributed by atoms with Gasteiger partial charge < -0.3 is 29.6 Å². The lowest BCUT2D eigenvalue weighted by atomic mass is 10.1. The molecule has 9 heteroatoms. The van der Waals surface area contributed by atoms with Gasteiger partial charge in [0.05, 0.1) is 34.5 Å². The van der Waals surface area contributed by atoms with E-state index < -0.39 is 5.97 Å². The van der Waals surface area contributed by atoms with Crippen LogP contribution in [-0.4, -0.2) is 46.4 Å². The molecule has 0 saturated heterocycles. The molecule has 2 N–H and O–H groups in total. The van der Waals surface area contributed by atoms with Crippen LogP contribution in [0.25, 0.3) is 0 Å². The normalized spacial score (nSPS) is 10.5. The van der Waals surface area contributed by atoms with Gasteiger partial charge in [-0.3, -0.25) is 0 Å². The third-order valence-electron chi connectivity index (χ3n) is 4.16. The molecule has 0 fully saturated rings. The first kappa shape index (κ1) is 26.3. The number of anilines is 1. The first-order chi connectivity index (χ1) is 14.6. The van der Waals surface area contributed by atoms with Crippen molar-refractivity contribution in [2.45, 2.75) is 20.4 Å². The van der Waals surface area contributed by atoms with Crippen molar-refractivity contribution in [1.82, 2.24) is 5.32 Å². The van der Waals surface area contributed by atoms with E-state index in [1.807, 2.05) is 38.1 Å². The molecule has 0 bridgehead atoms. The Morgan fingerprint density at radius 2 is 1.71 bits per heavy atom. The van der Waals surface area contributed by atoms with E-state index in [0.29, 0.717) is 48.5 Å². The average molecular weight is 543 g/mol. The lowest BCUT2D eigenvalue weighted by Crippen LogP contribution is -2.30. The highest BCUT2D eigenvalue weighted by Crippen LogP contribution is 2.30. The summed E-state index contributed by atoms with van der Waals surface area (Å²) in [5.74, 6) is 1.94. The Labute approximate surface area is 200 Å². The summed E-state index contributed by atoms with van der Waals surface area (Å²) in [4.78, 5) is 16.4. The summed E-state index contributed by atoms with van der Waals surface area (Å²) in [5, 5.41) is 6.47. The molecule has 0 aliphatic heterocycles. The lowest BCUT2D eigenvalue weighted by Gasteiger charge is -2.14. The van der Waals surface area contributed by atoms with Crippen LogP contribution < -0.4 is 24.8 Å². The predicted octanol–water partition coefficient (Wildman–Crippen LogP) is 4.08. The zero-order chi connectivity index (χ0) is 21.9. The van der Waals surface area contributed by atoms with Crippen LogP contribution in [0, 0.1) is 0 Å². The van der Waals surface area contributed by atoms with E-state index in [4.69, 9.17) is 18.9 Å². The molecule has 0 atom stereocenters. The molecule has 0 radical (unpaired) electrons. The summed E-state index contributed by atoms with van der Waals surface area (Å²) in [6.45, 7) is 5.57. The van der Waals surface area contributed by atoms with Crippen molar-refractivity contribution in [3.63, 3.8) is 0 Å². The van der Waals surface area contributed by atoms with Crippen molar-refractivity contribution in [3.8, 4) is 17.2 Å². The topological polar surface area (TPSA) is 90.4 Å². The molecule has 0 unspecified atom stereocenters. The van der Waals surface area contributed by atoms with Crippen molar-refractivity contribution < 1.29 is 23.7 Å². The molecular formula is C22H30IN3O5. The van der Waals surface area contributed by atoms with Crippen LogP contribution in [0.5, 0.6) is 17.2 Å². The molecule has 170 valence electrons. The molecule has 0 saturated carbocycles. The standard InChI is InChI=1S/C22H29N3O5.HI/c1-6-23-22(25-16-9-11-18(30-7-2)20(13-16)28-4)24-14-15-8-10-17(21(26)29-5)19(12-15)27-3;/h8-13H,6-7,14H2,1-5H3,(H2,23,24,25);1H. The first-order valence-corrected chi connectivity index (χ1v) is 9.67. The number of nitrogens with zero attached hydrogens (tertiary/aromatic N) is 1. The molecule has 2 aromatic carbocycles. The number of halogens is 1. The number of carbonyl (C=O) groups is 1. The molecular weight excluding hydrogens is 513 g/mol. The smallest absolute Gasteiger partial charge is 0.341 e. The minimum Gasteiger partial charge on any atom is -0.496 e. The van der Waals surface area contributed by atoms with Crippen molar-refractivity contribution in [2.24, 2.45) is 4.99 Å². The molecule has 0 aromatic heterocycles. The minimum atomic E-state index is -0.443. The maximum absolute atomic E-state index is 11.8. The number of hydrogen-bond acceptors (Lipinski definition) is 6. The molecule has 8 nitrogen and oxygen atoms in total. The molecule has 0 spiro atoms. The minimum absolute atomic E-state index is 0. The van der Waals surface area contributed by atoms with Gasteiger partial charge in [-0.1, -0.05) is 6.07 Å². The molecule has 0 amide bonds. The number of rotatable bonds is 9. The van der Waals surface area contributed by atoms with Crippen LogP contribution >= 0.6 is 24.0 Å². The summed E-state index contributed by atoms with van der Waals surface area (Å²) in [7, 11) is 4.45. The van der Waals surface area contributed by atoms with E-state index in [-0.39, 0.29) is 24.0 Å². The Kier molecular flexibility index (Phi) is 11.5. The second-order valence-corrected chi connectivity index (χ2v) is 6.15. The van der Waals surface area contributed by atoms with Crippen LogP contribution in [0.15, 0.2) is 41.4 Å². The maximum atomic E-state index is 11.8. The van der Waals surface area contributed by atoms with Gasteiger partial charge >= 0.3 is 5.97 Å². The van der Waals surface area contributed by atoms with E-state index >= 15 is 0 Å². The molecule has 31 heavy (non-hydrogen) atoms.